The minimum atomic E-state index is -1.16. The minimum Gasteiger partial charge on any atom is -0.480 e. The Morgan fingerprint density at radius 1 is 1.28 bits per heavy atom. The first-order valence-electron chi connectivity index (χ1n) is 5.32. The monoisotopic (exact) mass is 257 g/mol. The Labute approximate surface area is 103 Å². The molecule has 0 bridgehead atoms. The lowest BCUT2D eigenvalue weighted by atomic mass is 10.1. The van der Waals surface area contributed by atoms with Crippen molar-refractivity contribution >= 4 is 11.9 Å². The Bertz CT molecular complexity index is 456. The zero-order chi connectivity index (χ0) is 13.9. The molecule has 0 spiro atoms. The molecule has 1 unspecified atom stereocenters. The van der Waals surface area contributed by atoms with E-state index in [0.717, 1.165) is 17.0 Å². The van der Waals surface area contributed by atoms with E-state index in [9.17, 15) is 18.4 Å². The Kier molecular flexibility index (Phi) is 4.36. The van der Waals surface area contributed by atoms with E-state index in [-0.39, 0.29) is 12.0 Å². The van der Waals surface area contributed by atoms with Gasteiger partial charge in [-0.2, -0.15) is 0 Å². The number of hydrogen-bond donors (Lipinski definition) is 1. The molecule has 0 aromatic heterocycles. The second-order valence-electron chi connectivity index (χ2n) is 3.84. The number of amides is 1. The lowest BCUT2D eigenvalue weighted by Gasteiger charge is -2.23. The van der Waals surface area contributed by atoms with Crippen LogP contribution >= 0.6 is 0 Å². The molecule has 0 radical (unpaired) electrons. The first kappa shape index (κ1) is 14.1. The molecule has 1 amide bonds. The van der Waals surface area contributed by atoms with Crippen LogP contribution in [0.15, 0.2) is 18.2 Å². The number of nitrogens with zero attached hydrogens (tertiary/aromatic N) is 1. The van der Waals surface area contributed by atoms with Crippen molar-refractivity contribution in [2.75, 3.05) is 7.05 Å². The Morgan fingerprint density at radius 3 is 2.17 bits per heavy atom. The predicted molar refractivity (Wildman–Crippen MR) is 60.2 cm³/mol. The molecular weight excluding hydrogens is 244 g/mol. The molecule has 1 rings (SSSR count). The third-order valence-electron chi connectivity index (χ3n) is 2.57. The Morgan fingerprint density at radius 2 is 1.78 bits per heavy atom. The van der Waals surface area contributed by atoms with E-state index >= 15 is 0 Å². The minimum absolute atomic E-state index is 0.204. The van der Waals surface area contributed by atoms with Gasteiger partial charge in [0.25, 0.3) is 5.91 Å². The van der Waals surface area contributed by atoms with Gasteiger partial charge in [0, 0.05) is 18.7 Å². The van der Waals surface area contributed by atoms with Gasteiger partial charge >= 0.3 is 5.97 Å². The van der Waals surface area contributed by atoms with Gasteiger partial charge in [-0.05, 0) is 18.6 Å². The average Bonchev–Trinajstić information content (AvgIpc) is 2.26. The van der Waals surface area contributed by atoms with Crippen molar-refractivity contribution in [1.29, 1.82) is 0 Å². The highest BCUT2D eigenvalue weighted by Crippen LogP contribution is 2.13. The number of carbonyl (C=O) groups is 2. The molecule has 98 valence electrons. The summed E-state index contributed by atoms with van der Waals surface area (Å²) in [5, 5.41) is 8.91. The average molecular weight is 257 g/mol. The molecule has 0 aliphatic carbocycles. The molecule has 0 saturated carbocycles. The molecule has 0 fully saturated rings. The summed E-state index contributed by atoms with van der Waals surface area (Å²) >= 11 is 0. The van der Waals surface area contributed by atoms with Crippen LogP contribution in [0.4, 0.5) is 8.78 Å². The molecule has 1 aromatic rings. The highest BCUT2D eigenvalue weighted by molar-refractivity contribution is 5.96. The number of carbonyl (C=O) groups excluding carboxylic acids is 1. The zero-order valence-electron chi connectivity index (χ0n) is 9.98. The molecule has 0 aliphatic heterocycles. The molecule has 1 N–H and O–H groups in total. The van der Waals surface area contributed by atoms with Crippen LogP contribution in [-0.4, -0.2) is 35.0 Å². The maximum atomic E-state index is 13.0. The first-order chi connectivity index (χ1) is 8.36. The number of aliphatic carboxylic acids is 1. The summed E-state index contributed by atoms with van der Waals surface area (Å²) in [7, 11) is 1.29. The van der Waals surface area contributed by atoms with Gasteiger partial charge in [-0.15, -0.1) is 0 Å². The number of benzene rings is 1. The summed E-state index contributed by atoms with van der Waals surface area (Å²) < 4.78 is 25.9. The number of carboxylic acids is 1. The van der Waals surface area contributed by atoms with Crippen LogP contribution < -0.4 is 0 Å². The summed E-state index contributed by atoms with van der Waals surface area (Å²) in [5.41, 5.74) is -0.213. The van der Waals surface area contributed by atoms with Gasteiger partial charge in [0.05, 0.1) is 0 Å². The summed E-state index contributed by atoms with van der Waals surface area (Å²) in [6.07, 6.45) is 0.204. The van der Waals surface area contributed by atoms with Crippen LogP contribution in [-0.2, 0) is 4.79 Å². The summed E-state index contributed by atoms with van der Waals surface area (Å²) in [5.74, 6) is -3.65. The number of halogens is 2. The smallest absolute Gasteiger partial charge is 0.326 e. The molecule has 6 heteroatoms. The number of likely N-dealkylation sites (N-methyl/N-ethyl adjacent to an activating group) is 1. The van der Waals surface area contributed by atoms with E-state index in [1.807, 2.05) is 0 Å². The van der Waals surface area contributed by atoms with Crippen molar-refractivity contribution in [3.63, 3.8) is 0 Å². The largest absolute Gasteiger partial charge is 0.480 e. The molecule has 18 heavy (non-hydrogen) atoms. The van der Waals surface area contributed by atoms with Gasteiger partial charge < -0.3 is 10.0 Å². The standard InChI is InChI=1S/C12H13F2NO3/c1-3-10(12(17)18)15(2)11(16)7-4-8(13)6-9(14)5-7/h4-6,10H,3H2,1-2H3,(H,17,18). The van der Waals surface area contributed by atoms with Crippen molar-refractivity contribution in [3.05, 3.63) is 35.4 Å². The van der Waals surface area contributed by atoms with Gasteiger partial charge in [-0.25, -0.2) is 13.6 Å². The van der Waals surface area contributed by atoms with E-state index in [0.29, 0.717) is 6.07 Å². The van der Waals surface area contributed by atoms with Gasteiger partial charge in [0.2, 0.25) is 0 Å². The molecule has 0 heterocycles. The third-order valence-corrected chi connectivity index (χ3v) is 2.57. The van der Waals surface area contributed by atoms with Gasteiger partial charge in [-0.1, -0.05) is 6.92 Å². The third kappa shape index (κ3) is 3.03. The maximum absolute atomic E-state index is 13.0. The van der Waals surface area contributed by atoms with Crippen molar-refractivity contribution in [3.8, 4) is 0 Å². The molecule has 4 nitrogen and oxygen atoms in total. The second kappa shape index (κ2) is 5.57. The zero-order valence-corrected chi connectivity index (χ0v) is 9.98. The number of rotatable bonds is 4. The van der Waals surface area contributed by atoms with Crippen LogP contribution in [0.25, 0.3) is 0 Å². The van der Waals surface area contributed by atoms with Crippen LogP contribution in [0, 0.1) is 11.6 Å². The van der Waals surface area contributed by atoms with Gasteiger partial charge in [0.15, 0.2) is 0 Å². The van der Waals surface area contributed by atoms with Crippen molar-refractivity contribution in [2.45, 2.75) is 19.4 Å². The lowest BCUT2D eigenvalue weighted by molar-refractivity contribution is -0.142. The van der Waals surface area contributed by atoms with Crippen LogP contribution in [0.3, 0.4) is 0 Å². The van der Waals surface area contributed by atoms with Crippen LogP contribution in [0.1, 0.15) is 23.7 Å². The van der Waals surface area contributed by atoms with Gasteiger partial charge in [-0.3, -0.25) is 4.79 Å². The quantitative estimate of drug-likeness (QED) is 0.896. The van der Waals surface area contributed by atoms with Crippen molar-refractivity contribution < 1.29 is 23.5 Å². The predicted octanol–water partition coefficient (Wildman–Crippen LogP) is 1.90. The van der Waals surface area contributed by atoms with E-state index in [2.05, 4.69) is 0 Å². The van der Waals surface area contributed by atoms with Gasteiger partial charge in [0.1, 0.15) is 17.7 Å². The van der Waals surface area contributed by atoms with Crippen LogP contribution in [0.5, 0.6) is 0 Å². The fourth-order valence-corrected chi connectivity index (χ4v) is 1.64. The van der Waals surface area contributed by atoms with E-state index in [1.54, 1.807) is 6.92 Å². The molecule has 0 aliphatic rings. The normalized spacial score (nSPS) is 12.0. The fourth-order valence-electron chi connectivity index (χ4n) is 1.64. The molecule has 0 saturated heterocycles. The van der Waals surface area contributed by atoms with Crippen molar-refractivity contribution in [2.24, 2.45) is 0 Å². The molecule has 1 atom stereocenters. The topological polar surface area (TPSA) is 57.6 Å². The SMILES string of the molecule is CCC(C(=O)O)N(C)C(=O)c1cc(F)cc(F)c1. The number of hydrogen-bond acceptors (Lipinski definition) is 2. The maximum Gasteiger partial charge on any atom is 0.326 e. The van der Waals surface area contributed by atoms with Crippen LogP contribution in [0.2, 0.25) is 0 Å². The van der Waals surface area contributed by atoms with E-state index in [1.165, 1.54) is 7.05 Å². The Hall–Kier alpha value is -1.98. The highest BCUT2D eigenvalue weighted by Gasteiger charge is 2.25. The molecular formula is C12H13F2NO3. The number of carboxylic acid groups (broad SMARTS) is 1. The highest BCUT2D eigenvalue weighted by atomic mass is 19.1. The van der Waals surface area contributed by atoms with E-state index < -0.39 is 29.6 Å². The lowest BCUT2D eigenvalue weighted by Crippen LogP contribution is -2.42. The summed E-state index contributed by atoms with van der Waals surface area (Å²) in [4.78, 5) is 23.7. The summed E-state index contributed by atoms with van der Waals surface area (Å²) in [6.45, 7) is 1.61. The van der Waals surface area contributed by atoms with E-state index in [4.69, 9.17) is 5.11 Å². The first-order valence-corrected chi connectivity index (χ1v) is 5.32. The second-order valence-corrected chi connectivity index (χ2v) is 3.84. The Balaban J connectivity index is 3.02. The summed E-state index contributed by atoms with van der Waals surface area (Å²) in [6, 6.07) is 1.36. The van der Waals surface area contributed by atoms with Crippen molar-refractivity contribution in [1.82, 2.24) is 4.90 Å². The molecule has 1 aromatic carbocycles. The fraction of sp³-hybridized carbons (Fsp3) is 0.333.